The summed E-state index contributed by atoms with van der Waals surface area (Å²) < 4.78 is 11.2. The number of rotatable bonds is 3. The molecule has 1 fully saturated rings. The van der Waals surface area contributed by atoms with Crippen LogP contribution in [-0.4, -0.2) is 37.1 Å². The lowest BCUT2D eigenvalue weighted by molar-refractivity contribution is -0.0486. The van der Waals surface area contributed by atoms with Crippen molar-refractivity contribution in [2.24, 2.45) is 0 Å². The lowest BCUT2D eigenvalue weighted by Gasteiger charge is -2.38. The highest BCUT2D eigenvalue weighted by molar-refractivity contribution is 5.94. The van der Waals surface area contributed by atoms with Crippen LogP contribution in [0, 0.1) is 13.8 Å². The van der Waals surface area contributed by atoms with E-state index in [1.807, 2.05) is 61.2 Å². The first-order valence-corrected chi connectivity index (χ1v) is 8.63. The maximum Gasteiger partial charge on any atom is 0.254 e. The third-order valence-electron chi connectivity index (χ3n) is 4.94. The Morgan fingerprint density at radius 2 is 1.84 bits per heavy atom. The molecule has 25 heavy (non-hydrogen) atoms. The van der Waals surface area contributed by atoms with Gasteiger partial charge in [-0.05, 0) is 61.7 Å². The van der Waals surface area contributed by atoms with Gasteiger partial charge in [0.15, 0.2) is 0 Å². The van der Waals surface area contributed by atoms with Crippen LogP contribution in [0.2, 0.25) is 0 Å². The number of hydrogen-bond donors (Lipinski definition) is 0. The molecule has 1 amide bonds. The molecule has 0 spiro atoms. The van der Waals surface area contributed by atoms with Gasteiger partial charge in [0, 0.05) is 5.56 Å². The summed E-state index contributed by atoms with van der Waals surface area (Å²) in [6.07, 6.45) is -0.113. The molecule has 132 valence electrons. The number of ether oxygens (including phenoxy) is 2. The zero-order valence-corrected chi connectivity index (χ0v) is 15.3. The van der Waals surface area contributed by atoms with Crippen molar-refractivity contribution in [2.75, 3.05) is 20.3 Å². The SMILES string of the molecule is COc1ccc(C2CN(C(=O)c3ccc(C)c(C)c3)C(C)CO2)cc1. The van der Waals surface area contributed by atoms with Gasteiger partial charge in [-0.3, -0.25) is 4.79 Å². The molecule has 4 nitrogen and oxygen atoms in total. The first-order chi connectivity index (χ1) is 12.0. The summed E-state index contributed by atoms with van der Waals surface area (Å²) in [5.74, 6) is 0.883. The molecule has 2 aromatic rings. The van der Waals surface area contributed by atoms with Crippen LogP contribution in [0.25, 0.3) is 0 Å². The Morgan fingerprint density at radius 3 is 2.48 bits per heavy atom. The van der Waals surface area contributed by atoms with Gasteiger partial charge < -0.3 is 14.4 Å². The van der Waals surface area contributed by atoms with Gasteiger partial charge in [0.05, 0.1) is 26.3 Å². The van der Waals surface area contributed by atoms with Gasteiger partial charge in [-0.2, -0.15) is 0 Å². The fourth-order valence-corrected chi connectivity index (χ4v) is 3.10. The van der Waals surface area contributed by atoms with Gasteiger partial charge >= 0.3 is 0 Å². The molecule has 0 aromatic heterocycles. The Kier molecular flexibility index (Phi) is 5.09. The van der Waals surface area contributed by atoms with Crippen LogP contribution >= 0.6 is 0 Å². The van der Waals surface area contributed by atoms with Crippen molar-refractivity contribution in [1.82, 2.24) is 4.90 Å². The molecule has 3 rings (SSSR count). The minimum Gasteiger partial charge on any atom is -0.497 e. The molecule has 0 radical (unpaired) electrons. The van der Waals surface area contributed by atoms with E-state index in [0.29, 0.717) is 13.2 Å². The summed E-state index contributed by atoms with van der Waals surface area (Å²) in [6, 6.07) is 13.8. The molecular formula is C21H25NO3. The normalized spacial score (nSPS) is 20.4. The number of morpholine rings is 1. The van der Waals surface area contributed by atoms with Crippen molar-refractivity contribution in [3.63, 3.8) is 0 Å². The average molecular weight is 339 g/mol. The predicted octanol–water partition coefficient (Wildman–Crippen LogP) is 3.91. The van der Waals surface area contributed by atoms with Crippen LogP contribution in [-0.2, 0) is 4.74 Å². The summed E-state index contributed by atoms with van der Waals surface area (Å²) in [5.41, 5.74) is 4.14. The second kappa shape index (κ2) is 7.28. The maximum absolute atomic E-state index is 13.0. The standard InChI is InChI=1S/C21H25NO3/c1-14-5-6-18(11-15(14)2)21(23)22-12-20(25-13-16(22)3)17-7-9-19(24-4)10-8-17/h5-11,16,20H,12-13H2,1-4H3. The number of hydrogen-bond acceptors (Lipinski definition) is 3. The molecule has 1 aliphatic rings. The predicted molar refractivity (Wildman–Crippen MR) is 98.1 cm³/mol. The molecule has 0 aliphatic carbocycles. The molecule has 1 saturated heterocycles. The van der Waals surface area contributed by atoms with Crippen LogP contribution in [0.5, 0.6) is 5.75 Å². The van der Waals surface area contributed by atoms with Gasteiger partial charge in [0.2, 0.25) is 0 Å². The molecule has 0 bridgehead atoms. The summed E-state index contributed by atoms with van der Waals surface area (Å²) in [4.78, 5) is 14.9. The van der Waals surface area contributed by atoms with E-state index in [2.05, 4.69) is 6.92 Å². The number of nitrogens with zero attached hydrogens (tertiary/aromatic N) is 1. The topological polar surface area (TPSA) is 38.8 Å². The number of benzene rings is 2. The van der Waals surface area contributed by atoms with E-state index in [9.17, 15) is 4.79 Å². The van der Waals surface area contributed by atoms with E-state index in [1.165, 1.54) is 5.56 Å². The zero-order chi connectivity index (χ0) is 18.0. The Morgan fingerprint density at radius 1 is 1.12 bits per heavy atom. The lowest BCUT2D eigenvalue weighted by Crippen LogP contribution is -2.48. The summed E-state index contributed by atoms with van der Waals surface area (Å²) >= 11 is 0. The minimum atomic E-state index is -0.113. The van der Waals surface area contributed by atoms with Crippen LogP contribution in [0.1, 0.15) is 40.1 Å². The Hall–Kier alpha value is -2.33. The van der Waals surface area contributed by atoms with Gasteiger partial charge in [0.25, 0.3) is 5.91 Å². The number of carbonyl (C=O) groups is 1. The van der Waals surface area contributed by atoms with Crippen LogP contribution in [0.15, 0.2) is 42.5 Å². The van der Waals surface area contributed by atoms with E-state index in [4.69, 9.17) is 9.47 Å². The number of amides is 1. The average Bonchev–Trinajstić information content (AvgIpc) is 2.64. The van der Waals surface area contributed by atoms with Gasteiger partial charge in [-0.15, -0.1) is 0 Å². The minimum absolute atomic E-state index is 0.0589. The molecule has 2 aromatic carbocycles. The highest BCUT2D eigenvalue weighted by atomic mass is 16.5. The smallest absolute Gasteiger partial charge is 0.254 e. The molecular weight excluding hydrogens is 314 g/mol. The lowest BCUT2D eigenvalue weighted by atomic mass is 10.0. The maximum atomic E-state index is 13.0. The van der Waals surface area contributed by atoms with Gasteiger partial charge in [-0.1, -0.05) is 18.2 Å². The largest absolute Gasteiger partial charge is 0.497 e. The van der Waals surface area contributed by atoms with Crippen LogP contribution < -0.4 is 4.74 Å². The molecule has 1 aliphatic heterocycles. The third-order valence-corrected chi connectivity index (χ3v) is 4.94. The third kappa shape index (κ3) is 3.69. The van der Waals surface area contributed by atoms with Crippen molar-refractivity contribution in [3.05, 3.63) is 64.7 Å². The number of methoxy groups -OCH3 is 1. The molecule has 2 atom stereocenters. The number of carbonyl (C=O) groups excluding carboxylic acids is 1. The molecule has 1 heterocycles. The van der Waals surface area contributed by atoms with Crippen LogP contribution in [0.4, 0.5) is 0 Å². The van der Waals surface area contributed by atoms with Crippen molar-refractivity contribution in [1.29, 1.82) is 0 Å². The molecule has 0 saturated carbocycles. The van der Waals surface area contributed by atoms with Crippen molar-refractivity contribution >= 4 is 5.91 Å². The molecule has 4 heteroatoms. The van der Waals surface area contributed by atoms with Gasteiger partial charge in [-0.25, -0.2) is 0 Å². The number of aryl methyl sites for hydroxylation is 2. The summed E-state index contributed by atoms with van der Waals surface area (Å²) in [5, 5.41) is 0. The fraction of sp³-hybridized carbons (Fsp3) is 0.381. The van der Waals surface area contributed by atoms with Gasteiger partial charge in [0.1, 0.15) is 11.9 Å². The monoisotopic (exact) mass is 339 g/mol. The summed E-state index contributed by atoms with van der Waals surface area (Å²) in [6.45, 7) is 7.21. The van der Waals surface area contributed by atoms with Crippen molar-refractivity contribution in [2.45, 2.75) is 32.9 Å². The highest BCUT2D eigenvalue weighted by Crippen LogP contribution is 2.27. The second-order valence-electron chi connectivity index (χ2n) is 6.70. The Bertz CT molecular complexity index is 754. The molecule has 0 N–H and O–H groups in total. The highest BCUT2D eigenvalue weighted by Gasteiger charge is 2.31. The van der Waals surface area contributed by atoms with E-state index in [-0.39, 0.29) is 18.1 Å². The van der Waals surface area contributed by atoms with E-state index < -0.39 is 0 Å². The molecule has 2 unspecified atom stereocenters. The van der Waals surface area contributed by atoms with Crippen molar-refractivity contribution in [3.8, 4) is 5.75 Å². The van der Waals surface area contributed by atoms with E-state index in [0.717, 1.165) is 22.4 Å². The summed E-state index contributed by atoms with van der Waals surface area (Å²) in [7, 11) is 1.65. The van der Waals surface area contributed by atoms with E-state index >= 15 is 0 Å². The van der Waals surface area contributed by atoms with E-state index in [1.54, 1.807) is 7.11 Å². The first-order valence-electron chi connectivity index (χ1n) is 8.63. The Balaban J connectivity index is 1.79. The fourth-order valence-electron chi connectivity index (χ4n) is 3.10. The van der Waals surface area contributed by atoms with Crippen molar-refractivity contribution < 1.29 is 14.3 Å². The Labute approximate surface area is 149 Å². The first kappa shape index (κ1) is 17.5. The second-order valence-corrected chi connectivity index (χ2v) is 6.70. The quantitative estimate of drug-likeness (QED) is 0.851. The zero-order valence-electron chi connectivity index (χ0n) is 15.3. The van der Waals surface area contributed by atoms with Crippen LogP contribution in [0.3, 0.4) is 0 Å².